The molecule has 1 rings (SSSR count). The molecule has 0 aliphatic carbocycles. The molecule has 0 bridgehead atoms. The number of halogens is 3. The number of alkyl halides is 3. The summed E-state index contributed by atoms with van der Waals surface area (Å²) >= 11 is 0. The molecular formula is C13H19F3N2O2S. The first-order valence-electron chi connectivity index (χ1n) is 6.48. The Labute approximate surface area is 122 Å². The lowest BCUT2D eigenvalue weighted by molar-refractivity contribution is -0.136. The fourth-order valence-electron chi connectivity index (χ4n) is 1.94. The summed E-state index contributed by atoms with van der Waals surface area (Å²) in [6, 6.07) is 4.18. The van der Waals surface area contributed by atoms with Crippen LogP contribution in [-0.4, -0.2) is 32.0 Å². The first-order chi connectivity index (χ1) is 9.61. The van der Waals surface area contributed by atoms with Gasteiger partial charge in [0.05, 0.1) is 4.90 Å². The van der Waals surface area contributed by atoms with Gasteiger partial charge >= 0.3 is 6.18 Å². The van der Waals surface area contributed by atoms with E-state index in [1.807, 2.05) is 0 Å². The second-order valence-corrected chi connectivity index (χ2v) is 6.68. The van der Waals surface area contributed by atoms with Crippen LogP contribution in [0.4, 0.5) is 13.2 Å². The lowest BCUT2D eigenvalue weighted by Crippen LogP contribution is -2.39. The van der Waals surface area contributed by atoms with Crippen LogP contribution < -0.4 is 5.73 Å². The molecule has 4 nitrogen and oxygen atoms in total. The first kappa shape index (κ1) is 17.9. The molecule has 120 valence electrons. The lowest BCUT2D eigenvalue weighted by Gasteiger charge is -2.23. The molecule has 0 spiro atoms. The Bertz CT molecular complexity index is 586. The third kappa shape index (κ3) is 4.69. The number of hydrogen-bond acceptors (Lipinski definition) is 3. The van der Waals surface area contributed by atoms with Crippen LogP contribution in [0.15, 0.2) is 23.1 Å². The molecule has 8 heteroatoms. The Morgan fingerprint density at radius 2 is 1.90 bits per heavy atom. The van der Waals surface area contributed by atoms with Crippen LogP contribution in [0, 0.1) is 6.92 Å². The van der Waals surface area contributed by atoms with Crippen LogP contribution in [0.2, 0.25) is 0 Å². The Hall–Kier alpha value is -1.12. The van der Waals surface area contributed by atoms with E-state index in [-0.39, 0.29) is 18.0 Å². The van der Waals surface area contributed by atoms with Gasteiger partial charge in [-0.05, 0) is 36.6 Å². The van der Waals surface area contributed by atoms with Crippen molar-refractivity contribution in [3.05, 3.63) is 29.3 Å². The molecule has 0 aliphatic heterocycles. The molecule has 0 saturated carbocycles. The average Bonchev–Trinajstić information content (AvgIpc) is 2.36. The largest absolute Gasteiger partial charge is 0.402 e. The van der Waals surface area contributed by atoms with Crippen molar-refractivity contribution in [3.63, 3.8) is 0 Å². The maximum atomic E-state index is 12.6. The summed E-state index contributed by atoms with van der Waals surface area (Å²) in [6.45, 7) is 1.88. The lowest BCUT2D eigenvalue weighted by atomic mass is 10.1. The van der Waals surface area contributed by atoms with Crippen LogP contribution >= 0.6 is 0 Å². The van der Waals surface area contributed by atoms with Gasteiger partial charge in [0.1, 0.15) is 6.54 Å². The minimum atomic E-state index is -4.57. The highest BCUT2D eigenvalue weighted by atomic mass is 32.2. The van der Waals surface area contributed by atoms with Gasteiger partial charge in [-0.1, -0.05) is 13.0 Å². The summed E-state index contributed by atoms with van der Waals surface area (Å²) < 4.78 is 62.8. The zero-order valence-corrected chi connectivity index (χ0v) is 12.8. The third-order valence-electron chi connectivity index (χ3n) is 3.00. The van der Waals surface area contributed by atoms with E-state index in [1.54, 1.807) is 13.8 Å². The number of benzene rings is 1. The van der Waals surface area contributed by atoms with E-state index in [2.05, 4.69) is 0 Å². The Kier molecular flexibility index (Phi) is 5.77. The van der Waals surface area contributed by atoms with Crippen molar-refractivity contribution < 1.29 is 21.6 Å². The number of rotatable bonds is 6. The van der Waals surface area contributed by atoms with E-state index in [4.69, 9.17) is 5.73 Å². The van der Waals surface area contributed by atoms with Crippen molar-refractivity contribution in [3.8, 4) is 0 Å². The van der Waals surface area contributed by atoms with E-state index in [0.717, 1.165) is 5.56 Å². The molecular weight excluding hydrogens is 305 g/mol. The highest BCUT2D eigenvalue weighted by molar-refractivity contribution is 7.89. The molecule has 0 unspecified atom stereocenters. The van der Waals surface area contributed by atoms with Gasteiger partial charge in [0, 0.05) is 13.1 Å². The van der Waals surface area contributed by atoms with Crippen molar-refractivity contribution in [2.24, 2.45) is 5.73 Å². The van der Waals surface area contributed by atoms with E-state index < -0.39 is 22.7 Å². The highest BCUT2D eigenvalue weighted by Crippen LogP contribution is 2.24. The minimum absolute atomic E-state index is 0.144. The Balaban J connectivity index is 3.19. The molecule has 0 amide bonds. The van der Waals surface area contributed by atoms with Gasteiger partial charge < -0.3 is 5.73 Å². The van der Waals surface area contributed by atoms with Crippen LogP contribution in [0.3, 0.4) is 0 Å². The molecule has 0 saturated heterocycles. The van der Waals surface area contributed by atoms with Gasteiger partial charge in [0.15, 0.2) is 0 Å². The maximum absolute atomic E-state index is 12.6. The zero-order valence-electron chi connectivity index (χ0n) is 11.9. The quantitative estimate of drug-likeness (QED) is 0.874. The molecule has 2 N–H and O–H groups in total. The molecule has 1 aromatic carbocycles. The smallest absolute Gasteiger partial charge is 0.326 e. The number of nitrogens with two attached hydrogens (primary N) is 1. The van der Waals surface area contributed by atoms with Gasteiger partial charge in [-0.25, -0.2) is 8.42 Å². The topological polar surface area (TPSA) is 63.4 Å². The van der Waals surface area contributed by atoms with Crippen molar-refractivity contribution in [2.45, 2.75) is 37.9 Å². The second-order valence-electron chi connectivity index (χ2n) is 4.75. The summed E-state index contributed by atoms with van der Waals surface area (Å²) in [5.41, 5.74) is 6.89. The van der Waals surface area contributed by atoms with Gasteiger partial charge in [-0.2, -0.15) is 17.5 Å². The summed E-state index contributed by atoms with van der Waals surface area (Å²) in [4.78, 5) is -0.144. The first-order valence-corrected chi connectivity index (χ1v) is 7.92. The van der Waals surface area contributed by atoms with Crippen molar-refractivity contribution >= 4 is 10.0 Å². The van der Waals surface area contributed by atoms with Crippen LogP contribution in [0.5, 0.6) is 0 Å². The summed E-state index contributed by atoms with van der Waals surface area (Å²) in [6.07, 6.45) is -4.27. The molecule has 0 atom stereocenters. The van der Waals surface area contributed by atoms with Crippen LogP contribution in [-0.2, 0) is 16.6 Å². The van der Waals surface area contributed by atoms with Crippen molar-refractivity contribution in [1.82, 2.24) is 4.31 Å². The van der Waals surface area contributed by atoms with E-state index in [0.29, 0.717) is 16.3 Å². The molecule has 21 heavy (non-hydrogen) atoms. The van der Waals surface area contributed by atoms with E-state index in [1.165, 1.54) is 18.2 Å². The van der Waals surface area contributed by atoms with Gasteiger partial charge in [0.2, 0.25) is 10.0 Å². The van der Waals surface area contributed by atoms with Crippen LogP contribution in [0.1, 0.15) is 24.5 Å². The molecule has 0 heterocycles. The maximum Gasteiger partial charge on any atom is 0.402 e. The van der Waals surface area contributed by atoms with Gasteiger partial charge in [-0.3, -0.25) is 0 Å². The summed E-state index contributed by atoms with van der Waals surface area (Å²) in [5.74, 6) is 0. The third-order valence-corrected chi connectivity index (χ3v) is 4.84. The normalized spacial score (nSPS) is 12.9. The zero-order chi connectivity index (χ0) is 16.3. The van der Waals surface area contributed by atoms with Gasteiger partial charge in [-0.15, -0.1) is 0 Å². The average molecular weight is 324 g/mol. The van der Waals surface area contributed by atoms with Gasteiger partial charge in [0.25, 0.3) is 0 Å². The van der Waals surface area contributed by atoms with E-state index >= 15 is 0 Å². The molecule has 1 aromatic rings. The number of aryl methyl sites for hydroxylation is 1. The molecule has 0 fully saturated rings. The highest BCUT2D eigenvalue weighted by Gasteiger charge is 2.36. The van der Waals surface area contributed by atoms with Crippen molar-refractivity contribution in [1.29, 1.82) is 0 Å². The minimum Gasteiger partial charge on any atom is -0.326 e. The summed E-state index contributed by atoms with van der Waals surface area (Å²) in [5, 5.41) is 0. The van der Waals surface area contributed by atoms with Crippen molar-refractivity contribution in [2.75, 3.05) is 13.1 Å². The SMILES string of the molecule is CCCN(CC(F)(F)F)S(=O)(=O)c1ccc(CN)c(C)c1. The molecule has 0 radical (unpaired) electrons. The molecule has 0 aliphatic rings. The predicted molar refractivity (Wildman–Crippen MR) is 74.2 cm³/mol. The number of nitrogens with zero attached hydrogens (tertiary/aromatic N) is 1. The Morgan fingerprint density at radius 1 is 1.29 bits per heavy atom. The molecule has 0 aromatic heterocycles. The standard InChI is InChI=1S/C13H19F3N2O2S/c1-3-6-18(9-13(14,15)16)21(19,20)12-5-4-11(8-17)10(2)7-12/h4-5,7H,3,6,8-9,17H2,1-2H3. The second kappa shape index (κ2) is 6.76. The Morgan fingerprint density at radius 3 is 2.33 bits per heavy atom. The van der Waals surface area contributed by atoms with Crippen LogP contribution in [0.25, 0.3) is 0 Å². The summed E-state index contributed by atoms with van der Waals surface area (Å²) in [7, 11) is -4.17. The fraction of sp³-hybridized carbons (Fsp3) is 0.538. The predicted octanol–water partition coefficient (Wildman–Crippen LogP) is 2.42. The monoisotopic (exact) mass is 324 g/mol. The van der Waals surface area contributed by atoms with E-state index in [9.17, 15) is 21.6 Å². The number of hydrogen-bond donors (Lipinski definition) is 1. The fourth-order valence-corrected chi connectivity index (χ4v) is 3.54. The number of sulfonamides is 1.